The number of carbonyl (C=O) groups is 2. The molecule has 0 fully saturated rings. The molecule has 0 aliphatic carbocycles. The van der Waals surface area contributed by atoms with E-state index in [9.17, 15) is 14.0 Å². The monoisotopic (exact) mass is 392 g/mol. The van der Waals surface area contributed by atoms with Crippen molar-refractivity contribution in [2.45, 2.75) is 20.0 Å². The van der Waals surface area contributed by atoms with Gasteiger partial charge in [-0.1, -0.05) is 18.2 Å². The molecular formula is C23H21FN2O3. The van der Waals surface area contributed by atoms with Crippen molar-refractivity contribution >= 4 is 23.2 Å². The molecule has 0 spiro atoms. The van der Waals surface area contributed by atoms with Gasteiger partial charge >= 0.3 is 0 Å². The van der Waals surface area contributed by atoms with Crippen LogP contribution in [-0.2, 0) is 0 Å². The van der Waals surface area contributed by atoms with Gasteiger partial charge in [0.05, 0.1) is 11.8 Å². The van der Waals surface area contributed by atoms with Gasteiger partial charge in [0, 0.05) is 16.8 Å². The van der Waals surface area contributed by atoms with E-state index in [1.165, 1.54) is 30.3 Å². The molecule has 6 heteroatoms. The Hall–Kier alpha value is -3.67. The molecule has 0 unspecified atom stereocenters. The minimum Gasteiger partial charge on any atom is -0.489 e. The quantitative estimate of drug-likeness (QED) is 0.612. The van der Waals surface area contributed by atoms with E-state index in [2.05, 4.69) is 10.6 Å². The number of amides is 2. The molecule has 0 saturated carbocycles. The van der Waals surface area contributed by atoms with Crippen molar-refractivity contribution in [1.82, 2.24) is 0 Å². The highest BCUT2D eigenvalue weighted by atomic mass is 19.1. The number of para-hydroxylation sites is 2. The van der Waals surface area contributed by atoms with Gasteiger partial charge in [-0.2, -0.15) is 0 Å². The number of halogens is 1. The molecule has 0 aliphatic rings. The number of anilines is 2. The van der Waals surface area contributed by atoms with Crippen LogP contribution in [0.5, 0.6) is 5.75 Å². The third-order valence-corrected chi connectivity index (χ3v) is 3.99. The molecular weight excluding hydrogens is 371 g/mol. The highest BCUT2D eigenvalue weighted by molar-refractivity contribution is 6.09. The molecule has 0 aliphatic heterocycles. The van der Waals surface area contributed by atoms with Gasteiger partial charge in [0.1, 0.15) is 11.6 Å². The molecule has 2 N–H and O–H groups in total. The van der Waals surface area contributed by atoms with Gasteiger partial charge < -0.3 is 15.4 Å². The average Bonchev–Trinajstić information content (AvgIpc) is 2.71. The van der Waals surface area contributed by atoms with Gasteiger partial charge in [-0.25, -0.2) is 4.39 Å². The zero-order valence-electron chi connectivity index (χ0n) is 16.1. The zero-order chi connectivity index (χ0) is 20.8. The number of ether oxygens (including phenoxy) is 1. The summed E-state index contributed by atoms with van der Waals surface area (Å²) in [4.78, 5) is 25.1. The summed E-state index contributed by atoms with van der Waals surface area (Å²) in [6.07, 6.45) is -0.0356. The van der Waals surface area contributed by atoms with Crippen molar-refractivity contribution < 1.29 is 18.7 Å². The lowest BCUT2D eigenvalue weighted by Crippen LogP contribution is -2.16. The minimum absolute atomic E-state index is 0.0356. The largest absolute Gasteiger partial charge is 0.489 e. The summed E-state index contributed by atoms with van der Waals surface area (Å²) in [5.74, 6) is -0.569. The molecule has 3 aromatic rings. The summed E-state index contributed by atoms with van der Waals surface area (Å²) in [6, 6.07) is 19.0. The van der Waals surface area contributed by atoms with Gasteiger partial charge in [0.2, 0.25) is 0 Å². The summed E-state index contributed by atoms with van der Waals surface area (Å²) < 4.78 is 18.7. The fraction of sp³-hybridized carbons (Fsp3) is 0.130. The number of hydrogen-bond acceptors (Lipinski definition) is 3. The van der Waals surface area contributed by atoms with Crippen molar-refractivity contribution in [2.75, 3.05) is 10.6 Å². The van der Waals surface area contributed by atoms with E-state index in [-0.39, 0.29) is 17.8 Å². The average molecular weight is 392 g/mol. The summed E-state index contributed by atoms with van der Waals surface area (Å²) in [5, 5.41) is 5.49. The molecule has 29 heavy (non-hydrogen) atoms. The van der Waals surface area contributed by atoms with Crippen LogP contribution < -0.4 is 15.4 Å². The predicted octanol–water partition coefficient (Wildman–Crippen LogP) is 5.12. The van der Waals surface area contributed by atoms with E-state index >= 15 is 0 Å². The molecule has 0 heterocycles. The van der Waals surface area contributed by atoms with Crippen LogP contribution in [0, 0.1) is 5.82 Å². The van der Waals surface area contributed by atoms with Crippen LogP contribution in [0.1, 0.15) is 34.6 Å². The Bertz CT molecular complexity index is 1020. The molecule has 3 aromatic carbocycles. The fourth-order valence-electron chi connectivity index (χ4n) is 2.66. The number of rotatable bonds is 6. The second kappa shape index (κ2) is 9.01. The normalized spacial score (nSPS) is 10.5. The van der Waals surface area contributed by atoms with Crippen molar-refractivity contribution in [2.24, 2.45) is 0 Å². The molecule has 148 valence electrons. The second-order valence-corrected chi connectivity index (χ2v) is 6.66. The predicted molar refractivity (Wildman–Crippen MR) is 111 cm³/mol. The van der Waals surface area contributed by atoms with Crippen molar-refractivity contribution in [3.63, 3.8) is 0 Å². The van der Waals surface area contributed by atoms with Gasteiger partial charge in [0.25, 0.3) is 11.8 Å². The molecule has 0 bridgehead atoms. The molecule has 2 amide bonds. The van der Waals surface area contributed by atoms with E-state index in [0.717, 1.165) is 0 Å². The van der Waals surface area contributed by atoms with Crippen molar-refractivity contribution in [3.05, 3.63) is 89.7 Å². The van der Waals surface area contributed by atoms with E-state index in [1.54, 1.807) is 36.4 Å². The molecule has 5 nitrogen and oxygen atoms in total. The lowest BCUT2D eigenvalue weighted by Gasteiger charge is -2.15. The maximum atomic E-state index is 13.0. The lowest BCUT2D eigenvalue weighted by molar-refractivity contribution is 0.102. The third-order valence-electron chi connectivity index (χ3n) is 3.99. The number of carbonyl (C=O) groups excluding carboxylic acids is 2. The van der Waals surface area contributed by atoms with Crippen LogP contribution in [0.15, 0.2) is 72.8 Å². The summed E-state index contributed by atoms with van der Waals surface area (Å²) in [5.41, 5.74) is 1.66. The summed E-state index contributed by atoms with van der Waals surface area (Å²) >= 11 is 0. The first-order chi connectivity index (χ1) is 13.9. The van der Waals surface area contributed by atoms with Gasteiger partial charge in [0.15, 0.2) is 0 Å². The third kappa shape index (κ3) is 5.42. The second-order valence-electron chi connectivity index (χ2n) is 6.66. The van der Waals surface area contributed by atoms with E-state index < -0.39 is 5.91 Å². The van der Waals surface area contributed by atoms with Gasteiger partial charge in [-0.05, 0) is 68.4 Å². The first kappa shape index (κ1) is 20.1. The van der Waals surface area contributed by atoms with E-state index in [4.69, 9.17) is 4.74 Å². The molecule has 0 saturated heterocycles. The van der Waals surface area contributed by atoms with Crippen LogP contribution >= 0.6 is 0 Å². The Labute approximate surface area is 168 Å². The van der Waals surface area contributed by atoms with Crippen LogP contribution in [-0.4, -0.2) is 17.9 Å². The highest BCUT2D eigenvalue weighted by Crippen LogP contribution is 2.25. The first-order valence-electron chi connectivity index (χ1n) is 9.16. The number of benzene rings is 3. The van der Waals surface area contributed by atoms with E-state index in [1.807, 2.05) is 19.9 Å². The Morgan fingerprint density at radius 1 is 0.828 bits per heavy atom. The summed E-state index contributed by atoms with van der Waals surface area (Å²) in [6.45, 7) is 3.81. The Morgan fingerprint density at radius 2 is 1.45 bits per heavy atom. The van der Waals surface area contributed by atoms with Crippen LogP contribution in [0.2, 0.25) is 0 Å². The minimum atomic E-state index is -0.394. The molecule has 0 radical (unpaired) electrons. The molecule has 0 aromatic heterocycles. The number of hydrogen-bond donors (Lipinski definition) is 2. The molecule has 0 atom stereocenters. The number of nitrogens with one attached hydrogen (secondary N) is 2. The van der Waals surface area contributed by atoms with Crippen molar-refractivity contribution in [1.29, 1.82) is 0 Å². The fourth-order valence-corrected chi connectivity index (χ4v) is 2.66. The Morgan fingerprint density at radius 3 is 2.10 bits per heavy atom. The topological polar surface area (TPSA) is 67.4 Å². The van der Waals surface area contributed by atoms with Crippen LogP contribution in [0.25, 0.3) is 0 Å². The highest BCUT2D eigenvalue weighted by Gasteiger charge is 2.13. The van der Waals surface area contributed by atoms with E-state index in [0.29, 0.717) is 28.3 Å². The van der Waals surface area contributed by atoms with Gasteiger partial charge in [-0.15, -0.1) is 0 Å². The smallest absolute Gasteiger partial charge is 0.255 e. The zero-order valence-corrected chi connectivity index (χ0v) is 16.1. The van der Waals surface area contributed by atoms with Crippen LogP contribution in [0.4, 0.5) is 15.8 Å². The van der Waals surface area contributed by atoms with Crippen molar-refractivity contribution in [3.8, 4) is 5.75 Å². The maximum absolute atomic E-state index is 13.0. The Kier molecular flexibility index (Phi) is 6.24. The lowest BCUT2D eigenvalue weighted by atomic mass is 10.1. The first-order valence-corrected chi connectivity index (χ1v) is 9.16. The maximum Gasteiger partial charge on any atom is 0.255 e. The standard InChI is InChI=1S/C23H21FN2O3/c1-15(2)29-21-9-4-3-8-20(21)26-23(28)17-7-5-6-16(14-17)22(27)25-19-12-10-18(24)11-13-19/h3-15H,1-2H3,(H,25,27)(H,26,28). The Balaban J connectivity index is 1.74. The summed E-state index contributed by atoms with van der Waals surface area (Å²) in [7, 11) is 0. The SMILES string of the molecule is CC(C)Oc1ccccc1NC(=O)c1cccc(C(=O)Nc2ccc(F)cc2)c1. The van der Waals surface area contributed by atoms with Crippen LogP contribution in [0.3, 0.4) is 0 Å². The molecule has 3 rings (SSSR count). The van der Waals surface area contributed by atoms with Gasteiger partial charge in [-0.3, -0.25) is 9.59 Å².